The van der Waals surface area contributed by atoms with Crippen LogP contribution >= 0.6 is 0 Å². The lowest BCUT2D eigenvalue weighted by Crippen LogP contribution is -2.61. The van der Waals surface area contributed by atoms with Gasteiger partial charge >= 0.3 is 0 Å². The van der Waals surface area contributed by atoms with Crippen LogP contribution < -0.4 is 26.2 Å². The van der Waals surface area contributed by atoms with E-state index in [0.717, 1.165) is 61.9 Å². The van der Waals surface area contributed by atoms with Gasteiger partial charge < -0.3 is 9.80 Å². The molecule has 0 radical (unpaired) electrons. The minimum absolute atomic E-state index is 0.149. The van der Waals surface area contributed by atoms with Crippen molar-refractivity contribution in [2.45, 2.75) is 105 Å². The van der Waals surface area contributed by atoms with Crippen molar-refractivity contribution < 1.29 is 0 Å². The zero-order valence-corrected chi connectivity index (χ0v) is 56.6. The van der Waals surface area contributed by atoms with Crippen LogP contribution in [0.5, 0.6) is 0 Å². The number of benzene rings is 13. The largest absolute Gasteiger partial charge is 0.311 e. The van der Waals surface area contributed by atoms with Gasteiger partial charge in [-0.1, -0.05) is 241 Å². The van der Waals surface area contributed by atoms with E-state index >= 15 is 0 Å². The molecule has 0 atom stereocenters. The van der Waals surface area contributed by atoms with Gasteiger partial charge in [0.15, 0.2) is 17.5 Å². The Balaban J connectivity index is 1.04. The van der Waals surface area contributed by atoms with Crippen molar-refractivity contribution in [1.82, 2.24) is 15.0 Å². The third-order valence-electron chi connectivity index (χ3n) is 19.9. The summed E-state index contributed by atoms with van der Waals surface area (Å²) in [6.07, 6.45) is 0. The molecule has 0 amide bonds. The molecule has 2 aliphatic rings. The van der Waals surface area contributed by atoms with Crippen LogP contribution in [0, 0.1) is 0 Å². The zero-order valence-electron chi connectivity index (χ0n) is 56.6. The Morgan fingerprint density at radius 1 is 0.242 bits per heavy atom. The second kappa shape index (κ2) is 22.1. The molecule has 0 aliphatic carbocycles. The van der Waals surface area contributed by atoms with E-state index in [4.69, 9.17) is 15.0 Å². The van der Waals surface area contributed by atoms with Crippen LogP contribution in [-0.2, 0) is 21.7 Å². The second-order valence-electron chi connectivity index (χ2n) is 30.7. The lowest BCUT2D eigenvalue weighted by molar-refractivity contribution is 0.568. The molecule has 0 N–H and O–H groups in total. The van der Waals surface area contributed by atoms with Crippen molar-refractivity contribution in [3.8, 4) is 56.4 Å². The molecule has 0 saturated carbocycles. The first kappa shape index (κ1) is 59.6. The molecule has 3 heterocycles. The Hall–Kier alpha value is -10.4. The zero-order chi connectivity index (χ0) is 65.4. The summed E-state index contributed by atoms with van der Waals surface area (Å²) in [7, 11) is 0. The summed E-state index contributed by atoms with van der Waals surface area (Å²) < 4.78 is 0. The van der Waals surface area contributed by atoms with Gasteiger partial charge in [-0.15, -0.1) is 0 Å². The molecule has 14 aromatic rings. The minimum atomic E-state index is -0.193. The predicted molar refractivity (Wildman–Crippen MR) is 406 cm³/mol. The number of rotatable bonds is 7. The fourth-order valence-corrected chi connectivity index (χ4v) is 14.4. The van der Waals surface area contributed by atoms with Gasteiger partial charge in [0.2, 0.25) is 0 Å². The number of hydrogen-bond acceptors (Lipinski definition) is 5. The molecule has 462 valence electrons. The average molecular weight is 1230 g/mol. The van der Waals surface area contributed by atoms with Crippen molar-refractivity contribution in [3.05, 3.63) is 277 Å². The summed E-state index contributed by atoms with van der Waals surface area (Å²) in [6.45, 7) is 27.4. The maximum absolute atomic E-state index is 5.80. The molecule has 0 fully saturated rings. The van der Waals surface area contributed by atoms with Gasteiger partial charge in [0.05, 0.1) is 0 Å². The monoisotopic (exact) mass is 1230 g/mol. The topological polar surface area (TPSA) is 45.2 Å². The Bertz CT molecular complexity index is 5000. The van der Waals surface area contributed by atoms with E-state index in [1.807, 2.05) is 0 Å². The molecule has 95 heavy (non-hydrogen) atoms. The Kier molecular flexibility index (Phi) is 13.9. The van der Waals surface area contributed by atoms with Crippen LogP contribution in [0.3, 0.4) is 0 Å². The summed E-state index contributed by atoms with van der Waals surface area (Å²) in [4.78, 5) is 22.3. The fourth-order valence-electron chi connectivity index (χ4n) is 14.4. The summed E-state index contributed by atoms with van der Waals surface area (Å²) in [6, 6.07) is 95.7. The summed E-state index contributed by atoms with van der Waals surface area (Å²) in [5, 5.41) is 9.63. The molecule has 1 aromatic heterocycles. The van der Waals surface area contributed by atoms with Crippen LogP contribution in [0.2, 0.25) is 0 Å². The highest BCUT2D eigenvalue weighted by atomic mass is 15.2. The molecule has 5 nitrogen and oxygen atoms in total. The Morgan fingerprint density at radius 2 is 0.526 bits per heavy atom. The lowest BCUT2D eigenvalue weighted by atomic mass is 9.33. The van der Waals surface area contributed by atoms with Gasteiger partial charge in [-0.05, 0) is 223 Å². The predicted octanol–water partition coefficient (Wildman–Crippen LogP) is 22.1. The van der Waals surface area contributed by atoms with Crippen molar-refractivity contribution >= 4 is 100 Å². The highest BCUT2D eigenvalue weighted by Crippen LogP contribution is 2.49. The van der Waals surface area contributed by atoms with Gasteiger partial charge in [0.25, 0.3) is 6.71 Å². The summed E-state index contributed by atoms with van der Waals surface area (Å²) >= 11 is 0. The van der Waals surface area contributed by atoms with Gasteiger partial charge in [-0.3, -0.25) is 0 Å². The van der Waals surface area contributed by atoms with Gasteiger partial charge in [-0.2, -0.15) is 0 Å². The Labute approximate surface area is 560 Å². The SMILES string of the molecule is CC(C)(C)c1cc(-c2nc(-c3cc(C(C)(C)C)cc(C(C)(C)C)c3)nc(-c3cc4c5c(c3)N(c3ccc(-c6ccccc6)cc3)c3cc6cc7ccccc7cc6cc3B5c3cc5cc6ccccc6cc5cc3N4c3ccc(-c4ccccc4)cc3)n2)cc(C(C)(C)C)c1. The maximum atomic E-state index is 5.80. The van der Waals surface area contributed by atoms with Crippen molar-refractivity contribution in [1.29, 1.82) is 0 Å². The van der Waals surface area contributed by atoms with Crippen molar-refractivity contribution in [2.24, 2.45) is 0 Å². The molecule has 0 spiro atoms. The summed E-state index contributed by atoms with van der Waals surface area (Å²) in [5.41, 5.74) is 22.0. The highest BCUT2D eigenvalue weighted by Gasteiger charge is 2.45. The first-order chi connectivity index (χ1) is 45.5. The molecule has 16 rings (SSSR count). The number of aromatic nitrogens is 3. The molecule has 0 saturated heterocycles. The average Bonchev–Trinajstić information content (AvgIpc) is 0.690. The molecule has 6 heteroatoms. The third kappa shape index (κ3) is 10.7. The molecular weight excluding hydrogens is 1150 g/mol. The molecule has 0 unspecified atom stereocenters. The minimum Gasteiger partial charge on any atom is -0.311 e. The van der Waals surface area contributed by atoms with Crippen LogP contribution in [0.25, 0.3) is 99.5 Å². The summed E-state index contributed by atoms with van der Waals surface area (Å²) in [5.74, 6) is 1.88. The number of anilines is 6. The first-order valence-electron chi connectivity index (χ1n) is 33.7. The van der Waals surface area contributed by atoms with E-state index in [2.05, 4.69) is 348 Å². The normalized spacial score (nSPS) is 13.2. The van der Waals surface area contributed by atoms with Crippen molar-refractivity contribution in [3.63, 3.8) is 0 Å². The maximum Gasteiger partial charge on any atom is 0.252 e. The molecule has 13 aromatic carbocycles. The van der Waals surface area contributed by atoms with E-state index in [1.54, 1.807) is 0 Å². The van der Waals surface area contributed by atoms with Crippen LogP contribution in [0.15, 0.2) is 255 Å². The number of hydrogen-bond donors (Lipinski definition) is 0. The van der Waals surface area contributed by atoms with Gasteiger partial charge in [0, 0.05) is 50.8 Å². The van der Waals surface area contributed by atoms with E-state index < -0.39 is 0 Å². The lowest BCUT2D eigenvalue weighted by Gasteiger charge is -2.44. The van der Waals surface area contributed by atoms with Gasteiger partial charge in [-0.25, -0.2) is 15.0 Å². The molecule has 2 aliphatic heterocycles. The fraction of sp³-hybridized carbons (Fsp3) is 0.180. The van der Waals surface area contributed by atoms with Crippen LogP contribution in [0.1, 0.15) is 105 Å². The molecule has 0 bridgehead atoms. The van der Waals surface area contributed by atoms with Crippen LogP contribution in [0.4, 0.5) is 34.1 Å². The smallest absolute Gasteiger partial charge is 0.252 e. The van der Waals surface area contributed by atoms with Gasteiger partial charge in [0.1, 0.15) is 0 Å². The van der Waals surface area contributed by atoms with Crippen LogP contribution in [-0.4, -0.2) is 21.7 Å². The first-order valence-corrected chi connectivity index (χ1v) is 33.7. The molecular formula is C89H78BN5. The second-order valence-corrected chi connectivity index (χ2v) is 30.7. The van der Waals surface area contributed by atoms with E-state index in [1.165, 1.54) is 92.9 Å². The number of fused-ring (bicyclic) bond motifs is 8. The van der Waals surface area contributed by atoms with E-state index in [0.29, 0.717) is 17.5 Å². The Morgan fingerprint density at radius 3 is 0.842 bits per heavy atom. The van der Waals surface area contributed by atoms with E-state index in [9.17, 15) is 0 Å². The quantitative estimate of drug-likeness (QED) is 0.118. The number of nitrogens with zero attached hydrogens (tertiary/aromatic N) is 5. The van der Waals surface area contributed by atoms with E-state index in [-0.39, 0.29) is 28.4 Å². The third-order valence-corrected chi connectivity index (χ3v) is 19.9. The highest BCUT2D eigenvalue weighted by molar-refractivity contribution is 7.00. The van der Waals surface area contributed by atoms with Crippen molar-refractivity contribution in [2.75, 3.05) is 9.80 Å². The standard InChI is InChI=1S/C89H78BN5/c1-86(2,3)70-43-67(44-71(53-70)87(4,5)6)83-91-84(68-45-72(88(7,8)9)54-73(46-68)89(10,11)12)93-85(92-83)69-51-80-82-81(52-69)95(75-37-33-58(34-38-75)56-25-17-14-18-26-56)79-50-66-42-62-30-22-20-28-60(62)40-64(66)48-77(79)90(82)76-47-63-39-59-27-19-21-29-61(59)41-65(63)49-78(76)94(80)74-35-31-57(32-36-74)55-23-15-13-16-24-55/h13-54H,1-12H3.